The molecule has 0 aliphatic carbocycles. The monoisotopic (exact) mass is 209 g/mol. The molecule has 76 valence electrons. The minimum atomic E-state index is -4.13. The van der Waals surface area contributed by atoms with E-state index in [4.69, 9.17) is 9.66 Å². The van der Waals surface area contributed by atoms with Crippen molar-refractivity contribution in [3.63, 3.8) is 0 Å². The van der Waals surface area contributed by atoms with Crippen LogP contribution in [0.5, 0.6) is 0 Å². The van der Waals surface area contributed by atoms with Gasteiger partial charge in [-0.15, -0.1) is 0 Å². The van der Waals surface area contributed by atoms with Crippen LogP contribution in [0.25, 0.3) is 0 Å². The van der Waals surface area contributed by atoms with Crippen LogP contribution in [-0.4, -0.2) is 41.4 Å². The van der Waals surface area contributed by atoms with E-state index in [1.54, 1.807) is 0 Å². The smallest absolute Gasteiger partial charge is 0.323 e. The molecule has 1 aliphatic heterocycles. The third kappa shape index (κ3) is 1.98. The Morgan fingerprint density at radius 3 is 2.38 bits per heavy atom. The molecule has 1 aliphatic rings. The molecular formula is C6H11NO5S. The van der Waals surface area contributed by atoms with Crippen molar-refractivity contribution in [2.75, 3.05) is 6.54 Å². The zero-order valence-electron chi connectivity index (χ0n) is 7.02. The first-order valence-corrected chi connectivity index (χ1v) is 5.21. The molecular weight excluding hydrogens is 198 g/mol. The summed E-state index contributed by atoms with van der Waals surface area (Å²) in [5, 5.41) is 10.2. The standard InChI is InChI=1S/C6H11NO5S/c1-6(5(8)9)2-4(3-7-6)13(10,11)12/h4,7H,2-3H2,1H3,(H,8,9)(H,10,11,12)/t4-,6+/m1/s1. The third-order valence-electron chi connectivity index (χ3n) is 2.25. The Kier molecular flexibility index (Phi) is 2.35. The van der Waals surface area contributed by atoms with Crippen LogP contribution < -0.4 is 5.32 Å². The second-order valence-electron chi connectivity index (χ2n) is 3.36. The Balaban J connectivity index is 2.81. The van der Waals surface area contributed by atoms with E-state index < -0.39 is 26.9 Å². The number of nitrogens with one attached hydrogen (secondary N) is 1. The summed E-state index contributed by atoms with van der Waals surface area (Å²) in [6.45, 7) is 1.36. The molecule has 0 spiro atoms. The molecule has 0 saturated carbocycles. The lowest BCUT2D eigenvalue weighted by Gasteiger charge is -2.17. The first-order chi connectivity index (χ1) is 5.76. The maximum atomic E-state index is 10.7. The van der Waals surface area contributed by atoms with E-state index in [1.165, 1.54) is 6.92 Å². The Hall–Kier alpha value is -0.660. The van der Waals surface area contributed by atoms with Crippen molar-refractivity contribution in [1.82, 2.24) is 5.32 Å². The molecule has 1 saturated heterocycles. The maximum Gasteiger partial charge on any atom is 0.323 e. The van der Waals surface area contributed by atoms with Crippen LogP contribution in [0, 0.1) is 0 Å². The summed E-state index contributed by atoms with van der Waals surface area (Å²) in [5.41, 5.74) is -1.25. The summed E-state index contributed by atoms with van der Waals surface area (Å²) in [7, 11) is -4.13. The fraction of sp³-hybridized carbons (Fsp3) is 0.833. The minimum absolute atomic E-state index is 0.0262. The average molecular weight is 209 g/mol. The van der Waals surface area contributed by atoms with Crippen molar-refractivity contribution in [3.8, 4) is 0 Å². The number of rotatable bonds is 2. The topological polar surface area (TPSA) is 104 Å². The van der Waals surface area contributed by atoms with Gasteiger partial charge in [0.05, 0.1) is 0 Å². The largest absolute Gasteiger partial charge is 0.480 e. The first kappa shape index (κ1) is 10.4. The van der Waals surface area contributed by atoms with Gasteiger partial charge in [-0.25, -0.2) is 0 Å². The van der Waals surface area contributed by atoms with Crippen molar-refractivity contribution in [2.45, 2.75) is 24.1 Å². The van der Waals surface area contributed by atoms with Gasteiger partial charge in [-0.2, -0.15) is 8.42 Å². The fourth-order valence-electron chi connectivity index (χ4n) is 1.31. The van der Waals surface area contributed by atoms with Gasteiger partial charge < -0.3 is 10.4 Å². The van der Waals surface area contributed by atoms with E-state index in [9.17, 15) is 13.2 Å². The lowest BCUT2D eigenvalue weighted by molar-refractivity contribution is -0.143. The van der Waals surface area contributed by atoms with E-state index in [2.05, 4.69) is 5.32 Å². The molecule has 0 aromatic rings. The predicted molar refractivity (Wildman–Crippen MR) is 44.0 cm³/mol. The van der Waals surface area contributed by atoms with Gasteiger partial charge in [-0.05, 0) is 13.3 Å². The molecule has 1 rings (SSSR count). The minimum Gasteiger partial charge on any atom is -0.480 e. The van der Waals surface area contributed by atoms with Crippen molar-refractivity contribution in [3.05, 3.63) is 0 Å². The van der Waals surface area contributed by atoms with Gasteiger partial charge in [0.25, 0.3) is 10.1 Å². The maximum absolute atomic E-state index is 10.7. The third-order valence-corrected chi connectivity index (χ3v) is 3.42. The van der Waals surface area contributed by atoms with Gasteiger partial charge in [0.1, 0.15) is 10.8 Å². The van der Waals surface area contributed by atoms with Crippen LogP contribution >= 0.6 is 0 Å². The van der Waals surface area contributed by atoms with Crippen LogP contribution in [0.1, 0.15) is 13.3 Å². The van der Waals surface area contributed by atoms with Gasteiger partial charge in [0, 0.05) is 6.54 Å². The average Bonchev–Trinajstić information content (AvgIpc) is 2.31. The van der Waals surface area contributed by atoms with Gasteiger partial charge in [-0.3, -0.25) is 9.35 Å². The zero-order chi connectivity index (χ0) is 10.3. The fourth-order valence-corrected chi connectivity index (χ4v) is 2.15. The molecule has 0 bridgehead atoms. The quantitative estimate of drug-likeness (QED) is 0.508. The van der Waals surface area contributed by atoms with Crippen LogP contribution in [0.2, 0.25) is 0 Å². The zero-order valence-corrected chi connectivity index (χ0v) is 7.84. The van der Waals surface area contributed by atoms with Crippen LogP contribution in [-0.2, 0) is 14.9 Å². The number of hydrogen-bond acceptors (Lipinski definition) is 4. The van der Waals surface area contributed by atoms with Crippen LogP contribution in [0.4, 0.5) is 0 Å². The van der Waals surface area contributed by atoms with Crippen LogP contribution in [0.3, 0.4) is 0 Å². The second-order valence-corrected chi connectivity index (χ2v) is 5.06. The SMILES string of the molecule is C[C@@]1(C(=O)O)C[C@@H](S(=O)(=O)O)CN1. The predicted octanol–water partition coefficient (Wildman–Crippen LogP) is -0.921. The summed E-state index contributed by atoms with van der Waals surface area (Å²) < 4.78 is 30.0. The molecule has 2 atom stereocenters. The van der Waals surface area contributed by atoms with Gasteiger partial charge >= 0.3 is 5.97 Å². The number of carbonyl (C=O) groups is 1. The van der Waals surface area contributed by atoms with Gasteiger partial charge in [0.2, 0.25) is 0 Å². The Bertz CT molecular complexity index is 324. The van der Waals surface area contributed by atoms with Crippen molar-refractivity contribution < 1.29 is 22.9 Å². The number of carboxylic acid groups (broad SMARTS) is 1. The lowest BCUT2D eigenvalue weighted by atomic mass is 10.0. The second kappa shape index (κ2) is 2.93. The molecule has 6 nitrogen and oxygen atoms in total. The Morgan fingerprint density at radius 2 is 2.15 bits per heavy atom. The molecule has 0 aromatic heterocycles. The van der Waals surface area contributed by atoms with Crippen LogP contribution in [0.15, 0.2) is 0 Å². The van der Waals surface area contributed by atoms with E-state index in [0.29, 0.717) is 0 Å². The van der Waals surface area contributed by atoms with Crippen molar-refractivity contribution in [1.29, 1.82) is 0 Å². The molecule has 0 radical (unpaired) electrons. The van der Waals surface area contributed by atoms with Gasteiger partial charge in [0.15, 0.2) is 0 Å². The molecule has 1 heterocycles. The summed E-state index contributed by atoms with van der Waals surface area (Å²) in [6.07, 6.45) is -0.110. The highest BCUT2D eigenvalue weighted by Gasteiger charge is 2.45. The summed E-state index contributed by atoms with van der Waals surface area (Å²) >= 11 is 0. The molecule has 0 amide bonds. The summed E-state index contributed by atoms with van der Waals surface area (Å²) in [6, 6.07) is 0. The summed E-state index contributed by atoms with van der Waals surface area (Å²) in [4.78, 5) is 10.7. The number of aliphatic carboxylic acids is 1. The highest BCUT2D eigenvalue weighted by atomic mass is 32.2. The first-order valence-electron chi connectivity index (χ1n) is 3.70. The molecule has 13 heavy (non-hydrogen) atoms. The Morgan fingerprint density at radius 1 is 1.62 bits per heavy atom. The van der Waals surface area contributed by atoms with Crippen molar-refractivity contribution in [2.24, 2.45) is 0 Å². The van der Waals surface area contributed by atoms with E-state index in [1.807, 2.05) is 0 Å². The highest BCUT2D eigenvalue weighted by molar-refractivity contribution is 7.86. The molecule has 0 aromatic carbocycles. The molecule has 1 fully saturated rings. The highest BCUT2D eigenvalue weighted by Crippen LogP contribution is 2.23. The number of carboxylic acids is 1. The van der Waals surface area contributed by atoms with Crippen molar-refractivity contribution >= 4 is 16.1 Å². The van der Waals surface area contributed by atoms with E-state index in [-0.39, 0.29) is 13.0 Å². The normalized spacial score (nSPS) is 34.8. The molecule has 0 unspecified atom stereocenters. The Labute approximate surface area is 75.7 Å². The number of hydrogen-bond donors (Lipinski definition) is 3. The van der Waals surface area contributed by atoms with E-state index >= 15 is 0 Å². The lowest BCUT2D eigenvalue weighted by Crippen LogP contribution is -2.44. The molecule has 7 heteroatoms. The molecule has 3 N–H and O–H groups in total. The summed E-state index contributed by atoms with van der Waals surface area (Å²) in [5.74, 6) is -1.11. The van der Waals surface area contributed by atoms with E-state index in [0.717, 1.165) is 0 Å². The van der Waals surface area contributed by atoms with Gasteiger partial charge in [-0.1, -0.05) is 0 Å².